The van der Waals surface area contributed by atoms with Gasteiger partial charge in [-0.05, 0) is 47.0 Å². The zero-order chi connectivity index (χ0) is 37.6. The number of alkyl halides is 6. The summed E-state index contributed by atoms with van der Waals surface area (Å²) in [5, 5.41) is 78.5. The predicted molar refractivity (Wildman–Crippen MR) is 160 cm³/mol. The maximum Gasteiger partial charge on any atom is 0.417 e. The van der Waals surface area contributed by atoms with Gasteiger partial charge in [0, 0.05) is 39.0 Å². The molecule has 2 aliphatic rings. The van der Waals surface area contributed by atoms with Crippen molar-refractivity contribution in [2.75, 3.05) is 0 Å². The summed E-state index contributed by atoms with van der Waals surface area (Å²) in [4.78, 5) is 0. The Morgan fingerprint density at radius 1 is 0.490 bits per heavy atom. The quantitative estimate of drug-likeness (QED) is 0.191. The number of rotatable bonds is 2. The Hall–Kier alpha value is -7.95. The second-order valence-corrected chi connectivity index (χ2v) is 10.4. The molecule has 0 spiro atoms. The molecule has 3 aromatic carbocycles. The molecular formula is C36H7F7N8. The van der Waals surface area contributed by atoms with E-state index in [0.29, 0.717) is 12.1 Å². The van der Waals surface area contributed by atoms with Crippen LogP contribution in [0.2, 0.25) is 0 Å². The Kier molecular flexibility index (Phi) is 8.26. The summed E-state index contributed by atoms with van der Waals surface area (Å²) in [7, 11) is 0. The highest BCUT2D eigenvalue weighted by Crippen LogP contribution is 2.56. The summed E-state index contributed by atoms with van der Waals surface area (Å²) in [6, 6.07) is 17.6. The minimum absolute atomic E-state index is 0.451. The number of hydrogen-bond donors (Lipinski definition) is 0. The third kappa shape index (κ3) is 5.19. The van der Waals surface area contributed by atoms with Crippen molar-refractivity contribution in [3.05, 3.63) is 115 Å². The van der Waals surface area contributed by atoms with Crippen molar-refractivity contribution in [1.82, 2.24) is 0 Å². The van der Waals surface area contributed by atoms with E-state index >= 15 is 4.39 Å². The van der Waals surface area contributed by atoms with E-state index in [9.17, 15) is 68.4 Å². The number of fused-ring (bicyclic) bond motifs is 2. The van der Waals surface area contributed by atoms with Crippen LogP contribution in [0.3, 0.4) is 0 Å². The van der Waals surface area contributed by atoms with Crippen molar-refractivity contribution in [2.45, 2.75) is 12.4 Å². The first-order valence-corrected chi connectivity index (χ1v) is 13.7. The monoisotopic (exact) mass is 684 g/mol. The van der Waals surface area contributed by atoms with Crippen molar-refractivity contribution in [1.29, 1.82) is 42.1 Å². The van der Waals surface area contributed by atoms with E-state index in [-0.39, 0.29) is 0 Å². The molecule has 0 unspecified atom stereocenters. The van der Waals surface area contributed by atoms with Crippen LogP contribution in [0.25, 0.3) is 33.4 Å². The second kappa shape index (κ2) is 12.3. The Labute approximate surface area is 282 Å². The van der Waals surface area contributed by atoms with Gasteiger partial charge in [0.1, 0.15) is 53.4 Å². The van der Waals surface area contributed by atoms with Gasteiger partial charge in [-0.1, -0.05) is 12.1 Å². The average Bonchev–Trinajstić information content (AvgIpc) is 3.61. The van der Waals surface area contributed by atoms with Crippen LogP contribution < -0.4 is 0 Å². The molecule has 0 aromatic heterocycles. The van der Waals surface area contributed by atoms with Gasteiger partial charge in [-0.25, -0.2) is 4.39 Å². The third-order valence-electron chi connectivity index (χ3n) is 7.94. The molecule has 3 aromatic rings. The first-order chi connectivity index (χ1) is 24.2. The fourth-order valence-corrected chi connectivity index (χ4v) is 5.95. The van der Waals surface area contributed by atoms with Crippen LogP contribution in [0.1, 0.15) is 55.6 Å². The SMILES string of the molecule is N#CC(C#N)=C1C(c2ccc(C#N)c(C(F)(F)F)c2)=C(C#N)c2c1cc1c(c2F)C(=C(C#N)C#N)C(c2ccc(C#N)c(C(F)(F)F)c2)=C1C#N. The third-order valence-corrected chi connectivity index (χ3v) is 7.94. The summed E-state index contributed by atoms with van der Waals surface area (Å²) < 4.78 is 101. The molecular weight excluding hydrogens is 677 g/mol. The number of benzene rings is 3. The molecule has 2 aliphatic carbocycles. The molecule has 0 aliphatic heterocycles. The number of nitriles is 8. The molecule has 51 heavy (non-hydrogen) atoms. The van der Waals surface area contributed by atoms with E-state index in [2.05, 4.69) is 0 Å². The topological polar surface area (TPSA) is 190 Å². The Bertz CT molecular complexity index is 2620. The second-order valence-electron chi connectivity index (χ2n) is 10.4. The van der Waals surface area contributed by atoms with Gasteiger partial charge >= 0.3 is 12.4 Å². The highest BCUT2D eigenvalue weighted by Gasteiger charge is 2.42. The molecule has 0 atom stereocenters. The average molecular weight is 684 g/mol. The highest BCUT2D eigenvalue weighted by molar-refractivity contribution is 6.30. The fourth-order valence-electron chi connectivity index (χ4n) is 5.95. The number of allylic oxidation sites excluding steroid dienone is 8. The molecule has 0 saturated heterocycles. The van der Waals surface area contributed by atoms with Crippen molar-refractivity contribution in [2.24, 2.45) is 0 Å². The fraction of sp³-hybridized carbons (Fsp3) is 0.0556. The first kappa shape index (κ1) is 34.4. The minimum atomic E-state index is -5.10. The Morgan fingerprint density at radius 3 is 1.31 bits per heavy atom. The Morgan fingerprint density at radius 2 is 0.922 bits per heavy atom. The molecule has 8 nitrogen and oxygen atoms in total. The summed E-state index contributed by atoms with van der Waals surface area (Å²) in [5.74, 6) is -1.46. The van der Waals surface area contributed by atoms with Crippen molar-refractivity contribution < 1.29 is 30.7 Å². The highest BCUT2D eigenvalue weighted by atomic mass is 19.4. The zero-order valence-corrected chi connectivity index (χ0v) is 24.8. The summed E-state index contributed by atoms with van der Waals surface area (Å²) in [5.41, 5.74) is -13.1. The van der Waals surface area contributed by atoms with E-state index in [4.69, 9.17) is 0 Å². The van der Waals surface area contributed by atoms with Crippen LogP contribution in [0, 0.1) is 96.5 Å². The molecule has 0 heterocycles. The van der Waals surface area contributed by atoms with Gasteiger partial charge in [-0.15, -0.1) is 0 Å². The largest absolute Gasteiger partial charge is 0.417 e. The first-order valence-electron chi connectivity index (χ1n) is 13.7. The van der Waals surface area contributed by atoms with E-state index < -0.39 is 118 Å². The van der Waals surface area contributed by atoms with Gasteiger partial charge in [-0.3, -0.25) is 0 Å². The smallest absolute Gasteiger partial charge is 0.206 e. The zero-order valence-electron chi connectivity index (χ0n) is 24.8. The van der Waals surface area contributed by atoms with Crippen LogP contribution in [-0.4, -0.2) is 0 Å². The molecule has 240 valence electrons. The van der Waals surface area contributed by atoms with E-state index in [1.165, 1.54) is 24.3 Å². The lowest BCUT2D eigenvalue weighted by Gasteiger charge is -2.14. The van der Waals surface area contributed by atoms with Crippen molar-refractivity contribution in [3.8, 4) is 48.6 Å². The van der Waals surface area contributed by atoms with E-state index in [1.54, 1.807) is 24.3 Å². The van der Waals surface area contributed by atoms with Gasteiger partial charge in [0.25, 0.3) is 0 Å². The number of halogens is 7. The van der Waals surface area contributed by atoms with Gasteiger partial charge < -0.3 is 0 Å². The van der Waals surface area contributed by atoms with E-state index in [1.807, 2.05) is 0 Å². The van der Waals surface area contributed by atoms with Crippen LogP contribution in [-0.2, 0) is 12.4 Å². The minimum Gasteiger partial charge on any atom is -0.206 e. The molecule has 15 heteroatoms. The van der Waals surface area contributed by atoms with Crippen LogP contribution in [0.15, 0.2) is 53.6 Å². The molecule has 0 saturated carbocycles. The summed E-state index contributed by atoms with van der Waals surface area (Å²) in [6.07, 6.45) is -10.2. The lowest BCUT2D eigenvalue weighted by molar-refractivity contribution is -0.138. The predicted octanol–water partition coefficient (Wildman–Crippen LogP) is 8.10. The molecule has 5 rings (SSSR count). The van der Waals surface area contributed by atoms with Gasteiger partial charge in [0.2, 0.25) is 0 Å². The Balaban J connectivity index is 1.97. The molecule has 0 amide bonds. The van der Waals surface area contributed by atoms with Crippen molar-refractivity contribution in [3.63, 3.8) is 0 Å². The van der Waals surface area contributed by atoms with E-state index in [0.717, 1.165) is 30.3 Å². The van der Waals surface area contributed by atoms with Gasteiger partial charge in [0.05, 0.1) is 45.5 Å². The lowest BCUT2D eigenvalue weighted by atomic mass is 9.88. The van der Waals surface area contributed by atoms with Crippen molar-refractivity contribution >= 4 is 33.4 Å². The van der Waals surface area contributed by atoms with Gasteiger partial charge in [-0.2, -0.15) is 68.4 Å². The lowest BCUT2D eigenvalue weighted by Crippen LogP contribution is -2.08. The standard InChI is InChI=1S/C36H7F7N8/c37-34-32-23(30(20(10-46)11-47)29(25(32)15-51)17-2-4-19(9-45)27(6-17)36(41,42)43)7-22-24(14-50)28(31(33(22)34)21(12-48)13-49)16-1-3-18(8-44)26(5-16)35(38,39)40/h1-7H. The van der Waals surface area contributed by atoms with Gasteiger partial charge in [0.15, 0.2) is 0 Å². The maximum atomic E-state index is 17.1. The number of nitrogens with zero attached hydrogens (tertiary/aromatic N) is 8. The maximum absolute atomic E-state index is 17.1. The summed E-state index contributed by atoms with van der Waals surface area (Å²) >= 11 is 0. The van der Waals surface area contributed by atoms with Crippen LogP contribution in [0.5, 0.6) is 0 Å². The van der Waals surface area contributed by atoms with Crippen LogP contribution >= 0.6 is 0 Å². The number of hydrogen-bond acceptors (Lipinski definition) is 8. The summed E-state index contributed by atoms with van der Waals surface area (Å²) in [6.45, 7) is 0. The molecule has 0 N–H and O–H groups in total. The normalized spacial score (nSPS) is 13.0. The molecule has 0 radical (unpaired) electrons. The molecule has 0 bridgehead atoms. The molecule has 0 fully saturated rings. The van der Waals surface area contributed by atoms with Crippen LogP contribution in [0.4, 0.5) is 30.7 Å².